The topological polar surface area (TPSA) is 59.1 Å². The smallest absolute Gasteiger partial charge is 0.223 e. The Balaban J connectivity index is 3.00. The number of rotatable bonds is 3. The van der Waals surface area contributed by atoms with E-state index in [0.717, 1.165) is 5.69 Å². The fourth-order valence-electron chi connectivity index (χ4n) is 1.07. The Morgan fingerprint density at radius 3 is 2.43 bits per heavy atom. The zero-order chi connectivity index (χ0) is 10.7. The average Bonchev–Trinajstić information content (AvgIpc) is 2.46. The van der Waals surface area contributed by atoms with E-state index >= 15 is 0 Å². The molecule has 0 fully saturated rings. The van der Waals surface area contributed by atoms with Crippen molar-refractivity contribution in [1.82, 2.24) is 4.98 Å². The van der Waals surface area contributed by atoms with E-state index in [0.29, 0.717) is 16.4 Å². The molecule has 0 atom stereocenters. The minimum Gasteiger partial charge on any atom is -0.302 e. The second-order valence-electron chi connectivity index (χ2n) is 2.89. The molecule has 0 spiro atoms. The number of carbonyl (C=O) groups is 2. The molecule has 1 rings (SSSR count). The van der Waals surface area contributed by atoms with Crippen LogP contribution in [0.25, 0.3) is 0 Å². The Hall–Kier alpha value is -1.23. The highest BCUT2D eigenvalue weighted by Crippen LogP contribution is 2.23. The largest absolute Gasteiger partial charge is 0.302 e. The lowest BCUT2D eigenvalue weighted by Crippen LogP contribution is -2.05. The predicted octanol–water partition coefficient (Wildman–Crippen LogP) is 1.87. The second kappa shape index (κ2) is 4.32. The molecule has 0 radical (unpaired) electrons. The summed E-state index contributed by atoms with van der Waals surface area (Å²) in [6, 6.07) is 0. The highest BCUT2D eigenvalue weighted by Gasteiger charge is 2.13. The van der Waals surface area contributed by atoms with Crippen molar-refractivity contribution in [1.29, 1.82) is 0 Å². The molecule has 0 aliphatic heterocycles. The number of aryl methyl sites for hydroxylation is 1. The summed E-state index contributed by atoms with van der Waals surface area (Å²) in [6.45, 7) is 4.85. The third-order valence-corrected chi connectivity index (χ3v) is 2.75. The lowest BCUT2D eigenvalue weighted by atomic mass is 10.2. The van der Waals surface area contributed by atoms with Crippen LogP contribution in [0.15, 0.2) is 0 Å². The van der Waals surface area contributed by atoms with Crippen molar-refractivity contribution in [2.45, 2.75) is 27.2 Å². The summed E-state index contributed by atoms with van der Waals surface area (Å²) in [5.74, 6) is -0.174. The molecular weight excluding hydrogens is 200 g/mol. The van der Waals surface area contributed by atoms with Gasteiger partial charge in [0.25, 0.3) is 0 Å². The molecule has 1 amide bonds. The Bertz CT molecular complexity index is 371. The molecule has 0 bridgehead atoms. The zero-order valence-corrected chi connectivity index (χ0v) is 9.20. The molecule has 0 saturated heterocycles. The van der Waals surface area contributed by atoms with Crippen molar-refractivity contribution >= 4 is 28.2 Å². The summed E-state index contributed by atoms with van der Waals surface area (Å²) in [4.78, 5) is 26.7. The number of anilines is 1. The molecule has 1 aromatic heterocycles. The highest BCUT2D eigenvalue weighted by molar-refractivity contribution is 7.17. The summed E-state index contributed by atoms with van der Waals surface area (Å²) in [5.41, 5.74) is 0.756. The van der Waals surface area contributed by atoms with Crippen LogP contribution in [0, 0.1) is 0 Å². The summed E-state index contributed by atoms with van der Waals surface area (Å²) in [7, 11) is 0. The lowest BCUT2D eigenvalue weighted by Gasteiger charge is -1.92. The summed E-state index contributed by atoms with van der Waals surface area (Å²) < 4.78 is 0. The van der Waals surface area contributed by atoms with Crippen LogP contribution in [-0.2, 0) is 11.2 Å². The summed E-state index contributed by atoms with van der Waals surface area (Å²) in [6.07, 6.45) is 0.699. The number of hydrogen-bond acceptors (Lipinski definition) is 4. The molecule has 0 aromatic carbocycles. The van der Waals surface area contributed by atoms with Crippen molar-refractivity contribution in [3.63, 3.8) is 0 Å². The van der Waals surface area contributed by atoms with Crippen LogP contribution in [0.4, 0.5) is 5.13 Å². The second-order valence-corrected chi connectivity index (χ2v) is 3.88. The third kappa shape index (κ3) is 2.38. The van der Waals surface area contributed by atoms with Gasteiger partial charge in [0.15, 0.2) is 10.9 Å². The third-order valence-electron chi connectivity index (χ3n) is 1.63. The van der Waals surface area contributed by atoms with E-state index in [1.54, 1.807) is 0 Å². The van der Waals surface area contributed by atoms with Crippen LogP contribution < -0.4 is 5.32 Å². The van der Waals surface area contributed by atoms with Crippen molar-refractivity contribution in [2.75, 3.05) is 5.32 Å². The van der Waals surface area contributed by atoms with Gasteiger partial charge in [-0.15, -0.1) is 0 Å². The Morgan fingerprint density at radius 2 is 2.07 bits per heavy atom. The molecule has 0 unspecified atom stereocenters. The van der Waals surface area contributed by atoms with Gasteiger partial charge in [0.05, 0.1) is 10.6 Å². The highest BCUT2D eigenvalue weighted by atomic mass is 32.1. The van der Waals surface area contributed by atoms with Gasteiger partial charge >= 0.3 is 0 Å². The zero-order valence-electron chi connectivity index (χ0n) is 8.38. The molecule has 0 aliphatic carbocycles. The van der Waals surface area contributed by atoms with Gasteiger partial charge in [0.1, 0.15) is 0 Å². The molecule has 1 aromatic rings. The van der Waals surface area contributed by atoms with Gasteiger partial charge in [0, 0.05) is 13.8 Å². The van der Waals surface area contributed by atoms with E-state index in [9.17, 15) is 9.59 Å². The van der Waals surface area contributed by atoms with Gasteiger partial charge in [-0.05, 0) is 6.42 Å². The van der Waals surface area contributed by atoms with Crippen molar-refractivity contribution in [2.24, 2.45) is 0 Å². The van der Waals surface area contributed by atoms with E-state index in [1.807, 2.05) is 6.92 Å². The first kappa shape index (κ1) is 10.8. The molecule has 5 heteroatoms. The van der Waals surface area contributed by atoms with Crippen LogP contribution in [0.5, 0.6) is 0 Å². The van der Waals surface area contributed by atoms with E-state index < -0.39 is 0 Å². The number of aromatic nitrogens is 1. The van der Waals surface area contributed by atoms with Crippen molar-refractivity contribution in [3.8, 4) is 0 Å². The lowest BCUT2D eigenvalue weighted by molar-refractivity contribution is -0.114. The van der Waals surface area contributed by atoms with Gasteiger partial charge < -0.3 is 5.32 Å². The van der Waals surface area contributed by atoms with Crippen molar-refractivity contribution < 1.29 is 9.59 Å². The quantitative estimate of drug-likeness (QED) is 0.778. The molecule has 1 heterocycles. The minimum atomic E-state index is -0.170. The van der Waals surface area contributed by atoms with Gasteiger partial charge in [-0.2, -0.15) is 0 Å². The van der Waals surface area contributed by atoms with Crippen LogP contribution >= 0.6 is 11.3 Å². The first-order valence-corrected chi connectivity index (χ1v) is 5.14. The number of hydrogen-bond donors (Lipinski definition) is 1. The number of nitrogens with zero attached hydrogens (tertiary/aromatic N) is 1. The fourth-order valence-corrected chi connectivity index (χ4v) is 2.07. The Morgan fingerprint density at radius 1 is 1.43 bits per heavy atom. The monoisotopic (exact) mass is 212 g/mol. The molecule has 0 saturated carbocycles. The molecule has 76 valence electrons. The van der Waals surface area contributed by atoms with Gasteiger partial charge in [0.2, 0.25) is 5.91 Å². The number of carbonyl (C=O) groups excluding carboxylic acids is 2. The van der Waals surface area contributed by atoms with Gasteiger partial charge in [-0.1, -0.05) is 18.3 Å². The maximum atomic E-state index is 11.2. The summed E-state index contributed by atoms with van der Waals surface area (Å²) >= 11 is 1.23. The molecular formula is C9H12N2O2S. The average molecular weight is 212 g/mol. The number of Topliss-reactive ketones (excluding diaryl/α,β-unsaturated/α-hetero) is 1. The SMILES string of the molecule is CCc1nc(NC(C)=O)sc1C(C)=O. The molecule has 1 N–H and O–H groups in total. The van der Waals surface area contributed by atoms with Crippen molar-refractivity contribution in [3.05, 3.63) is 10.6 Å². The predicted molar refractivity (Wildman–Crippen MR) is 55.8 cm³/mol. The number of ketones is 1. The van der Waals surface area contributed by atoms with E-state index in [2.05, 4.69) is 10.3 Å². The van der Waals surface area contributed by atoms with E-state index in [1.165, 1.54) is 25.2 Å². The Labute approximate surface area is 86.4 Å². The number of amides is 1. The first-order valence-electron chi connectivity index (χ1n) is 4.32. The maximum Gasteiger partial charge on any atom is 0.223 e. The van der Waals surface area contributed by atoms with E-state index in [4.69, 9.17) is 0 Å². The molecule has 14 heavy (non-hydrogen) atoms. The van der Waals surface area contributed by atoms with E-state index in [-0.39, 0.29) is 11.7 Å². The van der Waals surface area contributed by atoms with Gasteiger partial charge in [-0.3, -0.25) is 9.59 Å². The van der Waals surface area contributed by atoms with Crippen LogP contribution in [0.2, 0.25) is 0 Å². The summed E-state index contributed by atoms with van der Waals surface area (Å²) in [5, 5.41) is 3.07. The number of thiazole rings is 1. The standard InChI is InChI=1S/C9H12N2O2S/c1-4-7-8(5(2)12)14-9(11-7)10-6(3)13/h4H2,1-3H3,(H,10,11,13). The first-order chi connectivity index (χ1) is 6.54. The fraction of sp³-hybridized carbons (Fsp3) is 0.444. The normalized spacial score (nSPS) is 9.93. The minimum absolute atomic E-state index is 0.00375. The maximum absolute atomic E-state index is 11.2. The van der Waals surface area contributed by atoms with Crippen LogP contribution in [0.1, 0.15) is 36.1 Å². The molecule has 4 nitrogen and oxygen atoms in total. The van der Waals surface area contributed by atoms with Crippen LogP contribution in [-0.4, -0.2) is 16.7 Å². The van der Waals surface area contributed by atoms with Gasteiger partial charge in [-0.25, -0.2) is 4.98 Å². The van der Waals surface area contributed by atoms with Crippen LogP contribution in [0.3, 0.4) is 0 Å². The number of nitrogens with one attached hydrogen (secondary N) is 1. The molecule has 0 aliphatic rings. The Kier molecular flexibility index (Phi) is 3.35.